The summed E-state index contributed by atoms with van der Waals surface area (Å²) < 4.78 is 48.0. The highest BCUT2D eigenvalue weighted by Crippen LogP contribution is 2.39. The molecule has 2 saturated heterocycles. The van der Waals surface area contributed by atoms with Gasteiger partial charge in [0.05, 0.1) is 19.3 Å². The van der Waals surface area contributed by atoms with Crippen molar-refractivity contribution in [2.75, 3.05) is 37.6 Å². The molecule has 50 heavy (non-hydrogen) atoms. The summed E-state index contributed by atoms with van der Waals surface area (Å²) >= 11 is 0. The number of imide groups is 1. The summed E-state index contributed by atoms with van der Waals surface area (Å²) in [5.74, 6) is -4.20. The molecule has 3 aromatic carbocycles. The molecule has 0 radical (unpaired) electrons. The number of likely N-dealkylation sites (N-methyl/N-ethyl adjacent to an activating group) is 1. The van der Waals surface area contributed by atoms with E-state index < -0.39 is 69.8 Å². The molecule has 2 aliphatic rings. The van der Waals surface area contributed by atoms with E-state index in [9.17, 15) is 37.5 Å². The number of fused-ring (bicyclic) bond motifs is 1. The van der Waals surface area contributed by atoms with Crippen LogP contribution in [0.2, 0.25) is 0 Å². The van der Waals surface area contributed by atoms with Gasteiger partial charge in [-0.2, -0.15) is 8.42 Å². The first kappa shape index (κ1) is 36.0. The highest BCUT2D eigenvalue weighted by atomic mass is 32.2. The van der Waals surface area contributed by atoms with Crippen molar-refractivity contribution in [3.63, 3.8) is 0 Å². The smallest absolute Gasteiger partial charge is 0.326 e. The predicted octanol–water partition coefficient (Wildman–Crippen LogP) is 1.15. The van der Waals surface area contributed by atoms with Crippen molar-refractivity contribution in [3.05, 3.63) is 65.5 Å². The van der Waals surface area contributed by atoms with E-state index in [1.54, 1.807) is 36.9 Å². The zero-order valence-electron chi connectivity index (χ0n) is 27.6. The van der Waals surface area contributed by atoms with Crippen LogP contribution in [0.25, 0.3) is 10.8 Å². The number of nitrogens with zero attached hydrogens (tertiary/aromatic N) is 3. The van der Waals surface area contributed by atoms with E-state index in [1.165, 1.54) is 34.1 Å². The monoisotopic (exact) mass is 712 g/mol. The third-order valence-corrected chi connectivity index (χ3v) is 9.90. The molecule has 15 nitrogen and oxygen atoms in total. The number of rotatable bonds is 12. The van der Waals surface area contributed by atoms with Gasteiger partial charge in [-0.05, 0) is 61.0 Å². The van der Waals surface area contributed by atoms with Gasteiger partial charge in [-0.1, -0.05) is 25.1 Å². The molecule has 0 spiro atoms. The number of carbonyl (C=O) groups is 5. The van der Waals surface area contributed by atoms with Gasteiger partial charge in [0.1, 0.15) is 36.4 Å². The van der Waals surface area contributed by atoms with Gasteiger partial charge in [-0.15, -0.1) is 0 Å². The summed E-state index contributed by atoms with van der Waals surface area (Å²) in [6.07, 6.45) is 0.131. The molecule has 5 rings (SSSR count). The van der Waals surface area contributed by atoms with Crippen molar-refractivity contribution in [2.24, 2.45) is 0 Å². The molecular weight excluding hydrogens is 675 g/mol. The van der Waals surface area contributed by atoms with Gasteiger partial charge in [-0.25, -0.2) is 13.4 Å². The molecule has 0 aromatic heterocycles. The summed E-state index contributed by atoms with van der Waals surface area (Å²) in [5.41, 5.74) is 0.634. The average Bonchev–Trinajstić information content (AvgIpc) is 3.35. The average molecular weight is 713 g/mol. The summed E-state index contributed by atoms with van der Waals surface area (Å²) in [6, 6.07) is 11.6. The molecule has 5 amide bonds. The minimum Gasteiger partial charge on any atom is -0.506 e. The van der Waals surface area contributed by atoms with E-state index in [4.69, 9.17) is 4.74 Å². The fraction of sp³-hybridized carbons (Fsp3) is 0.364. The Kier molecular flexibility index (Phi) is 10.6. The lowest BCUT2D eigenvalue weighted by molar-refractivity contribution is -0.137. The normalized spacial score (nSPS) is 17.6. The van der Waals surface area contributed by atoms with Crippen LogP contribution in [0, 0.1) is 5.82 Å². The second kappa shape index (κ2) is 14.7. The first-order chi connectivity index (χ1) is 23.7. The molecule has 2 atom stereocenters. The van der Waals surface area contributed by atoms with Gasteiger partial charge in [0.25, 0.3) is 11.8 Å². The first-order valence-corrected chi connectivity index (χ1v) is 17.3. The maximum Gasteiger partial charge on any atom is 0.326 e. The SMILES string of the molecule is CCc1cccc(C(=O)N(C(C)NCC(=O)N(C)CCOc2ccc3cc(O)c(N4CC(=O)NS4(=O)=O)c(F)c3c2)C2CCC(=O)NC2=O)c1. The second-order valence-corrected chi connectivity index (χ2v) is 13.5. The van der Waals surface area contributed by atoms with Crippen LogP contribution in [0.1, 0.15) is 42.6 Å². The third-order valence-electron chi connectivity index (χ3n) is 8.52. The standard InChI is InChI=1S/C33H37FN6O9S/c1-4-20-6-5-7-22(14-20)33(46)40(25-10-11-27(42)36-32(25)45)19(2)35-17-29(44)38(3)12-13-49-23-9-8-21-15-26(41)31(30(34)24(21)16-23)39-18-28(43)37-50(39,47)48/h5-9,14-16,19,25,35,41H,4,10-13,17-18H2,1-3H3,(H,37,43)(H,36,42,45). The number of benzene rings is 3. The predicted molar refractivity (Wildman–Crippen MR) is 179 cm³/mol. The molecule has 0 bridgehead atoms. The van der Waals surface area contributed by atoms with Gasteiger partial charge >= 0.3 is 10.2 Å². The number of halogens is 1. The van der Waals surface area contributed by atoms with Crippen LogP contribution >= 0.6 is 0 Å². The van der Waals surface area contributed by atoms with E-state index in [0.717, 1.165) is 5.56 Å². The Morgan fingerprint density at radius 1 is 1.14 bits per heavy atom. The lowest BCUT2D eigenvalue weighted by Gasteiger charge is -2.37. The molecule has 2 unspecified atom stereocenters. The highest BCUT2D eigenvalue weighted by Gasteiger charge is 2.39. The topological polar surface area (TPSA) is 195 Å². The van der Waals surface area contributed by atoms with Crippen molar-refractivity contribution >= 4 is 56.2 Å². The fourth-order valence-corrected chi connectivity index (χ4v) is 6.95. The third kappa shape index (κ3) is 7.63. The molecule has 2 heterocycles. The molecule has 0 aliphatic carbocycles. The van der Waals surface area contributed by atoms with Crippen molar-refractivity contribution in [2.45, 2.75) is 45.3 Å². The van der Waals surface area contributed by atoms with Crippen molar-refractivity contribution in [3.8, 4) is 11.5 Å². The largest absolute Gasteiger partial charge is 0.506 e. The van der Waals surface area contributed by atoms with Gasteiger partial charge < -0.3 is 19.6 Å². The summed E-state index contributed by atoms with van der Waals surface area (Å²) in [7, 11) is -2.84. The molecular formula is C33H37FN6O9S. The summed E-state index contributed by atoms with van der Waals surface area (Å²) in [4.78, 5) is 65.7. The Morgan fingerprint density at radius 3 is 2.58 bits per heavy atom. The number of ether oxygens (including phenoxy) is 1. The number of phenols is 1. The Morgan fingerprint density at radius 2 is 1.90 bits per heavy atom. The van der Waals surface area contributed by atoms with Crippen molar-refractivity contribution in [1.29, 1.82) is 0 Å². The van der Waals surface area contributed by atoms with Crippen LogP contribution < -0.4 is 24.4 Å². The number of phenolic OH excluding ortho intramolecular Hbond substituents is 1. The Bertz CT molecular complexity index is 1970. The van der Waals surface area contributed by atoms with Gasteiger partial charge in [0.2, 0.25) is 17.7 Å². The summed E-state index contributed by atoms with van der Waals surface area (Å²) in [5, 5.41) is 15.9. The van der Waals surface area contributed by atoms with Crippen LogP contribution in [0.4, 0.5) is 10.1 Å². The number of aryl methyl sites for hydroxylation is 1. The molecule has 17 heteroatoms. The number of piperidine rings is 1. The Balaban J connectivity index is 1.21. The molecule has 0 saturated carbocycles. The lowest BCUT2D eigenvalue weighted by atomic mass is 10.0. The number of anilines is 1. The number of hydrogen-bond donors (Lipinski definition) is 4. The minimum atomic E-state index is -4.38. The van der Waals surface area contributed by atoms with E-state index in [-0.39, 0.29) is 55.0 Å². The van der Waals surface area contributed by atoms with Crippen LogP contribution in [0.15, 0.2) is 48.5 Å². The molecule has 2 aliphatic heterocycles. The van der Waals surface area contributed by atoms with Crippen LogP contribution in [0.3, 0.4) is 0 Å². The first-order valence-electron chi connectivity index (χ1n) is 15.8. The lowest BCUT2D eigenvalue weighted by Crippen LogP contribution is -2.60. The zero-order valence-corrected chi connectivity index (χ0v) is 28.4. The zero-order chi connectivity index (χ0) is 36.3. The molecule has 3 aromatic rings. The Labute approximate surface area is 287 Å². The molecule has 4 N–H and O–H groups in total. The highest BCUT2D eigenvalue weighted by molar-refractivity contribution is 7.92. The van der Waals surface area contributed by atoms with E-state index in [1.807, 2.05) is 13.0 Å². The van der Waals surface area contributed by atoms with Crippen molar-refractivity contribution < 1.29 is 46.6 Å². The maximum atomic E-state index is 15.6. The van der Waals surface area contributed by atoms with E-state index in [2.05, 4.69) is 10.6 Å². The second-order valence-electron chi connectivity index (χ2n) is 11.9. The van der Waals surface area contributed by atoms with Crippen LogP contribution in [0.5, 0.6) is 11.5 Å². The van der Waals surface area contributed by atoms with E-state index >= 15 is 4.39 Å². The van der Waals surface area contributed by atoms with E-state index in [0.29, 0.717) is 16.3 Å². The molecule has 2 fully saturated rings. The number of carbonyl (C=O) groups excluding carboxylic acids is 5. The Hall–Kier alpha value is -5.29. The fourth-order valence-electron chi connectivity index (χ4n) is 5.78. The van der Waals surface area contributed by atoms with Gasteiger partial charge in [0.15, 0.2) is 5.82 Å². The van der Waals surface area contributed by atoms with Crippen molar-refractivity contribution in [1.82, 2.24) is 25.2 Å². The molecule has 266 valence electrons. The van der Waals surface area contributed by atoms with Crippen LogP contribution in [-0.4, -0.2) is 98.4 Å². The van der Waals surface area contributed by atoms with Gasteiger partial charge in [0, 0.05) is 24.4 Å². The maximum absolute atomic E-state index is 15.6. The quantitative estimate of drug-likeness (QED) is 0.156. The van der Waals surface area contributed by atoms with Gasteiger partial charge in [-0.3, -0.25) is 34.6 Å². The minimum absolute atomic E-state index is 0.0105. The number of amides is 5. The number of hydrogen-bond acceptors (Lipinski definition) is 10. The number of aromatic hydroxyl groups is 1. The van der Waals surface area contributed by atoms with Crippen LogP contribution in [-0.2, 0) is 35.8 Å². The number of nitrogens with one attached hydrogen (secondary N) is 3. The summed E-state index contributed by atoms with van der Waals surface area (Å²) in [6.45, 7) is 2.81.